The third-order valence-electron chi connectivity index (χ3n) is 5.83. The molecule has 4 aromatic carbocycles. The summed E-state index contributed by atoms with van der Waals surface area (Å²) in [7, 11) is 1.63. The number of nitro benzene ring substituents is 2. The molecule has 0 atom stereocenters. The minimum absolute atomic E-state index is 0.0143. The second kappa shape index (κ2) is 14.1. The van der Waals surface area contributed by atoms with E-state index in [2.05, 4.69) is 9.98 Å². The Kier molecular flexibility index (Phi) is 10.7. The van der Waals surface area contributed by atoms with Crippen LogP contribution in [0.3, 0.4) is 0 Å². The van der Waals surface area contributed by atoms with Gasteiger partial charge in [-0.15, -0.1) is 0 Å². The Balaban J connectivity index is 1.81. The zero-order chi connectivity index (χ0) is 33.8. The van der Waals surface area contributed by atoms with Gasteiger partial charge < -0.3 is 0 Å². The molecule has 0 aliphatic heterocycles. The number of rotatable bonds is 6. The molecule has 18 heteroatoms. The summed E-state index contributed by atoms with van der Waals surface area (Å²) in [5.74, 6) is 0. The van der Waals surface area contributed by atoms with Gasteiger partial charge in [-0.3, -0.25) is 20.2 Å². The second-order valence-electron chi connectivity index (χ2n) is 8.94. The van der Waals surface area contributed by atoms with E-state index in [4.69, 9.17) is 23.2 Å². The number of nitrogens with zero attached hydrogens (tertiary/aromatic N) is 4. The van der Waals surface area contributed by atoms with E-state index < -0.39 is 44.7 Å². The van der Waals surface area contributed by atoms with Crippen LogP contribution in [0.4, 0.5) is 49.1 Å². The van der Waals surface area contributed by atoms with Crippen molar-refractivity contribution in [3.63, 3.8) is 0 Å². The van der Waals surface area contributed by atoms with Crippen LogP contribution in [0.15, 0.2) is 94.9 Å². The van der Waals surface area contributed by atoms with Crippen molar-refractivity contribution >= 4 is 77.6 Å². The standard InChI is InChI=1S/C28H14Cl2F6N4O4S2/c29-21-11-9-19(13-23(21)39(41)42)37-25(15-1-5-17(6-2-15)27(31,32)33)45-46-26(16-3-7-18(8-4-16)28(34,35)36)38-20-10-12-22(30)24(14-20)40(43)44/h1-14H. The molecular formula is C28H14Cl2F6N4O4S2. The van der Waals surface area contributed by atoms with Gasteiger partial charge in [0, 0.05) is 23.3 Å². The van der Waals surface area contributed by atoms with Crippen molar-refractivity contribution < 1.29 is 36.2 Å². The number of hydrogen-bond acceptors (Lipinski definition) is 8. The van der Waals surface area contributed by atoms with Crippen LogP contribution in [-0.2, 0) is 12.4 Å². The van der Waals surface area contributed by atoms with E-state index in [1.165, 1.54) is 24.3 Å². The molecule has 0 N–H and O–H groups in total. The minimum Gasteiger partial charge on any atom is -0.258 e. The molecule has 0 spiro atoms. The Bertz CT molecular complexity index is 1720. The molecule has 0 bridgehead atoms. The fourth-order valence-electron chi connectivity index (χ4n) is 3.60. The van der Waals surface area contributed by atoms with E-state index in [-0.39, 0.29) is 42.6 Å². The number of benzene rings is 4. The fraction of sp³-hybridized carbons (Fsp3) is 0.0714. The summed E-state index contributed by atoms with van der Waals surface area (Å²) in [5.41, 5.74) is -2.54. The maximum atomic E-state index is 13.2. The molecule has 0 aromatic heterocycles. The van der Waals surface area contributed by atoms with Crippen LogP contribution in [0.1, 0.15) is 22.3 Å². The molecule has 0 saturated heterocycles. The van der Waals surface area contributed by atoms with Crippen LogP contribution >= 0.6 is 44.8 Å². The lowest BCUT2D eigenvalue weighted by Gasteiger charge is -2.12. The van der Waals surface area contributed by atoms with E-state index in [0.717, 1.165) is 82.3 Å². The monoisotopic (exact) mass is 718 g/mol. The second-order valence-corrected chi connectivity index (χ2v) is 11.9. The van der Waals surface area contributed by atoms with Crippen molar-refractivity contribution in [3.05, 3.63) is 137 Å². The Hall–Kier alpha value is -4.12. The summed E-state index contributed by atoms with van der Waals surface area (Å²) in [6.45, 7) is 0. The van der Waals surface area contributed by atoms with Crippen molar-refractivity contribution in [1.29, 1.82) is 0 Å². The highest BCUT2D eigenvalue weighted by molar-refractivity contribution is 8.87. The van der Waals surface area contributed by atoms with Crippen LogP contribution < -0.4 is 0 Å². The number of alkyl halides is 6. The zero-order valence-electron chi connectivity index (χ0n) is 22.3. The number of aliphatic imine (C=N–C) groups is 2. The number of halogens is 8. The van der Waals surface area contributed by atoms with E-state index in [1.54, 1.807) is 0 Å². The molecule has 0 unspecified atom stereocenters. The molecule has 0 heterocycles. The van der Waals surface area contributed by atoms with Gasteiger partial charge in [0.2, 0.25) is 0 Å². The topological polar surface area (TPSA) is 111 Å². The molecule has 0 amide bonds. The normalized spacial score (nSPS) is 12.7. The van der Waals surface area contributed by atoms with Crippen molar-refractivity contribution in [2.24, 2.45) is 9.98 Å². The molecule has 0 saturated carbocycles. The van der Waals surface area contributed by atoms with Crippen LogP contribution in [0.2, 0.25) is 10.0 Å². The molecule has 4 aromatic rings. The van der Waals surface area contributed by atoms with E-state index in [1.807, 2.05) is 0 Å². The minimum atomic E-state index is -4.64. The van der Waals surface area contributed by atoms with Gasteiger partial charge in [-0.05, 0) is 70.1 Å². The lowest BCUT2D eigenvalue weighted by atomic mass is 10.1. The van der Waals surface area contributed by atoms with Gasteiger partial charge in [0.05, 0.1) is 32.3 Å². The highest BCUT2D eigenvalue weighted by Crippen LogP contribution is 2.38. The molecule has 0 fully saturated rings. The third-order valence-corrected chi connectivity index (χ3v) is 8.72. The SMILES string of the molecule is O=[N+]([O-])c1cc(N=C(SSC(=Nc2ccc(Cl)c([N+](=O)[O-])c2)c2ccc(C(F)(F)F)cc2)c2ccc(C(F)(F)F)cc2)ccc1Cl. The molecular weight excluding hydrogens is 705 g/mol. The van der Waals surface area contributed by atoms with Gasteiger partial charge >= 0.3 is 12.4 Å². The predicted octanol–water partition coefficient (Wildman–Crippen LogP) is 11.1. The van der Waals surface area contributed by atoms with Crippen molar-refractivity contribution in [1.82, 2.24) is 0 Å². The molecule has 0 radical (unpaired) electrons. The molecule has 0 aliphatic rings. The molecule has 0 aliphatic carbocycles. The number of hydrogen-bond donors (Lipinski definition) is 0. The van der Waals surface area contributed by atoms with E-state index in [0.29, 0.717) is 0 Å². The van der Waals surface area contributed by atoms with Crippen molar-refractivity contribution in [2.75, 3.05) is 0 Å². The van der Waals surface area contributed by atoms with Gasteiger partial charge in [0.15, 0.2) is 0 Å². The average Bonchev–Trinajstić information content (AvgIpc) is 2.99. The summed E-state index contributed by atoms with van der Waals surface area (Å²) in [5, 5.41) is 22.5. The van der Waals surface area contributed by atoms with E-state index >= 15 is 0 Å². The van der Waals surface area contributed by atoms with Gasteiger partial charge in [0.1, 0.15) is 20.1 Å². The Morgan fingerprint density at radius 2 is 0.913 bits per heavy atom. The maximum absolute atomic E-state index is 13.2. The summed E-state index contributed by atoms with van der Waals surface area (Å²) < 4.78 is 79.4. The smallest absolute Gasteiger partial charge is 0.258 e. The lowest BCUT2D eigenvalue weighted by molar-refractivity contribution is -0.384. The molecule has 8 nitrogen and oxygen atoms in total. The first-order chi connectivity index (χ1) is 21.5. The lowest BCUT2D eigenvalue weighted by Crippen LogP contribution is -2.06. The summed E-state index contributed by atoms with van der Waals surface area (Å²) in [6, 6.07) is 14.9. The average molecular weight is 719 g/mol. The summed E-state index contributed by atoms with van der Waals surface area (Å²) in [4.78, 5) is 30.1. The summed E-state index contributed by atoms with van der Waals surface area (Å²) in [6.07, 6.45) is -9.28. The van der Waals surface area contributed by atoms with Gasteiger partial charge in [-0.25, -0.2) is 9.98 Å². The largest absolute Gasteiger partial charge is 0.416 e. The Morgan fingerprint density at radius 1 is 0.587 bits per heavy atom. The van der Waals surface area contributed by atoms with Crippen molar-refractivity contribution in [2.45, 2.75) is 12.4 Å². The summed E-state index contributed by atoms with van der Waals surface area (Å²) >= 11 is 11.8. The first-order valence-electron chi connectivity index (χ1n) is 12.3. The van der Waals surface area contributed by atoms with Crippen LogP contribution in [0.5, 0.6) is 0 Å². The number of nitro groups is 2. The van der Waals surface area contributed by atoms with Gasteiger partial charge in [0.25, 0.3) is 11.4 Å². The first kappa shape index (κ1) is 34.7. The van der Waals surface area contributed by atoms with E-state index in [9.17, 15) is 46.6 Å². The van der Waals surface area contributed by atoms with Crippen LogP contribution in [0, 0.1) is 20.2 Å². The highest BCUT2D eigenvalue weighted by atomic mass is 35.5. The van der Waals surface area contributed by atoms with Crippen LogP contribution in [-0.4, -0.2) is 19.9 Å². The maximum Gasteiger partial charge on any atom is 0.416 e. The predicted molar refractivity (Wildman–Crippen MR) is 167 cm³/mol. The Morgan fingerprint density at radius 3 is 1.20 bits per heavy atom. The molecule has 4 rings (SSSR count). The van der Waals surface area contributed by atoms with Gasteiger partial charge in [-0.1, -0.05) is 47.5 Å². The highest BCUT2D eigenvalue weighted by Gasteiger charge is 2.31. The van der Waals surface area contributed by atoms with Crippen LogP contribution in [0.25, 0.3) is 0 Å². The Labute approximate surface area is 272 Å². The quantitative estimate of drug-likeness (QED) is 0.0490. The van der Waals surface area contributed by atoms with Gasteiger partial charge in [-0.2, -0.15) is 26.3 Å². The zero-order valence-corrected chi connectivity index (χ0v) is 25.5. The van der Waals surface area contributed by atoms with Crippen molar-refractivity contribution in [3.8, 4) is 0 Å². The third kappa shape index (κ3) is 8.78. The molecule has 46 heavy (non-hydrogen) atoms. The fourth-order valence-corrected chi connectivity index (χ4v) is 6.16. The first-order valence-corrected chi connectivity index (χ1v) is 15.2. The molecule has 238 valence electrons.